The van der Waals surface area contributed by atoms with Gasteiger partial charge in [-0.2, -0.15) is 0 Å². The Morgan fingerprint density at radius 2 is 2.42 bits per heavy atom. The van der Waals surface area contributed by atoms with Crippen molar-refractivity contribution in [3.63, 3.8) is 0 Å². The second-order valence-corrected chi connectivity index (χ2v) is 1.98. The van der Waals surface area contributed by atoms with E-state index in [1.807, 2.05) is 0 Å². The SMILES string of the molecule is COc1ccnc(C(=O)O)c1F. The lowest BCUT2D eigenvalue weighted by Crippen LogP contribution is -2.05. The summed E-state index contributed by atoms with van der Waals surface area (Å²) in [6.07, 6.45) is 1.17. The average Bonchev–Trinajstić information content (AvgIpc) is 2.04. The van der Waals surface area contributed by atoms with Crippen LogP contribution in [0.25, 0.3) is 0 Å². The highest BCUT2D eigenvalue weighted by Gasteiger charge is 2.15. The second kappa shape index (κ2) is 3.17. The summed E-state index contributed by atoms with van der Waals surface area (Å²) in [4.78, 5) is 13.7. The average molecular weight is 171 g/mol. The largest absolute Gasteiger partial charge is 0.494 e. The summed E-state index contributed by atoms with van der Waals surface area (Å²) in [5.41, 5.74) is -0.630. The molecule has 0 saturated heterocycles. The second-order valence-electron chi connectivity index (χ2n) is 1.98. The molecule has 1 heterocycles. The third-order valence-electron chi connectivity index (χ3n) is 1.28. The summed E-state index contributed by atoms with van der Waals surface area (Å²) in [6, 6.07) is 1.25. The Kier molecular flexibility index (Phi) is 2.23. The highest BCUT2D eigenvalue weighted by molar-refractivity contribution is 5.86. The number of carboxylic acids is 1. The predicted octanol–water partition coefficient (Wildman–Crippen LogP) is 0.927. The molecule has 0 aromatic carbocycles. The molecule has 0 radical (unpaired) electrons. The van der Waals surface area contributed by atoms with Gasteiger partial charge in [-0.25, -0.2) is 14.2 Å². The van der Waals surface area contributed by atoms with E-state index in [1.165, 1.54) is 19.4 Å². The molecule has 0 aliphatic rings. The number of halogens is 1. The molecule has 0 unspecified atom stereocenters. The van der Waals surface area contributed by atoms with E-state index >= 15 is 0 Å². The van der Waals surface area contributed by atoms with E-state index in [1.54, 1.807) is 0 Å². The van der Waals surface area contributed by atoms with Gasteiger partial charge in [0.1, 0.15) is 0 Å². The lowest BCUT2D eigenvalue weighted by atomic mass is 10.3. The highest BCUT2D eigenvalue weighted by atomic mass is 19.1. The van der Waals surface area contributed by atoms with E-state index in [4.69, 9.17) is 5.11 Å². The van der Waals surface area contributed by atoms with Gasteiger partial charge in [0.2, 0.25) is 0 Å². The van der Waals surface area contributed by atoms with Gasteiger partial charge in [0.15, 0.2) is 17.3 Å². The van der Waals surface area contributed by atoms with Gasteiger partial charge >= 0.3 is 5.97 Å². The number of methoxy groups -OCH3 is 1. The van der Waals surface area contributed by atoms with Crippen LogP contribution in [-0.2, 0) is 0 Å². The van der Waals surface area contributed by atoms with Crippen LogP contribution in [-0.4, -0.2) is 23.2 Å². The fourth-order valence-electron chi connectivity index (χ4n) is 0.733. The minimum atomic E-state index is -1.41. The number of aromatic carboxylic acids is 1. The van der Waals surface area contributed by atoms with Crippen LogP contribution in [0.3, 0.4) is 0 Å². The first kappa shape index (κ1) is 8.45. The van der Waals surface area contributed by atoms with Crippen molar-refractivity contribution in [1.29, 1.82) is 0 Å². The third kappa shape index (κ3) is 1.34. The molecular weight excluding hydrogens is 165 g/mol. The van der Waals surface area contributed by atoms with Crippen molar-refractivity contribution in [2.75, 3.05) is 7.11 Å². The van der Waals surface area contributed by atoms with Gasteiger partial charge in [-0.05, 0) is 0 Å². The summed E-state index contributed by atoms with van der Waals surface area (Å²) in [5, 5.41) is 8.43. The Morgan fingerprint density at radius 3 is 2.92 bits per heavy atom. The van der Waals surface area contributed by atoms with Crippen LogP contribution in [0.1, 0.15) is 10.5 Å². The normalized spacial score (nSPS) is 9.50. The smallest absolute Gasteiger partial charge is 0.357 e. The van der Waals surface area contributed by atoms with E-state index in [-0.39, 0.29) is 5.75 Å². The van der Waals surface area contributed by atoms with Crippen LogP contribution in [0.4, 0.5) is 4.39 Å². The van der Waals surface area contributed by atoms with Crippen LogP contribution in [0.15, 0.2) is 12.3 Å². The van der Waals surface area contributed by atoms with Crippen molar-refractivity contribution in [1.82, 2.24) is 4.98 Å². The molecule has 5 heteroatoms. The number of rotatable bonds is 2. The molecule has 4 nitrogen and oxygen atoms in total. The van der Waals surface area contributed by atoms with Crippen molar-refractivity contribution >= 4 is 5.97 Å². The Balaban J connectivity index is 3.23. The number of nitrogens with zero attached hydrogens (tertiary/aromatic N) is 1. The number of hydrogen-bond donors (Lipinski definition) is 1. The van der Waals surface area contributed by atoms with E-state index in [9.17, 15) is 9.18 Å². The van der Waals surface area contributed by atoms with Gasteiger partial charge in [-0.1, -0.05) is 0 Å². The van der Waals surface area contributed by atoms with Gasteiger partial charge in [0, 0.05) is 12.3 Å². The van der Waals surface area contributed by atoms with Crippen molar-refractivity contribution in [2.45, 2.75) is 0 Å². The first-order valence-corrected chi connectivity index (χ1v) is 3.08. The molecule has 0 fully saturated rings. The maximum absolute atomic E-state index is 13.0. The maximum atomic E-state index is 13.0. The zero-order chi connectivity index (χ0) is 9.14. The van der Waals surface area contributed by atoms with Crippen LogP contribution < -0.4 is 4.74 Å². The fourth-order valence-corrected chi connectivity index (χ4v) is 0.733. The number of pyridine rings is 1. The van der Waals surface area contributed by atoms with Crippen molar-refractivity contribution in [2.24, 2.45) is 0 Å². The third-order valence-corrected chi connectivity index (χ3v) is 1.28. The summed E-state index contributed by atoms with van der Waals surface area (Å²) in [7, 11) is 1.25. The number of aromatic nitrogens is 1. The molecule has 0 atom stereocenters. The molecule has 0 amide bonds. The van der Waals surface area contributed by atoms with Gasteiger partial charge < -0.3 is 9.84 Å². The van der Waals surface area contributed by atoms with E-state index in [2.05, 4.69) is 9.72 Å². The maximum Gasteiger partial charge on any atom is 0.357 e. The zero-order valence-electron chi connectivity index (χ0n) is 6.24. The standard InChI is InChI=1S/C7H6FNO3/c1-12-4-2-3-9-6(5(4)8)7(10)11/h2-3H,1H3,(H,10,11). The molecule has 64 valence electrons. The molecule has 0 aliphatic carbocycles. The number of carbonyl (C=O) groups is 1. The van der Waals surface area contributed by atoms with E-state index < -0.39 is 17.5 Å². The number of hydrogen-bond acceptors (Lipinski definition) is 3. The molecule has 0 aliphatic heterocycles. The summed E-state index contributed by atoms with van der Waals surface area (Å²) >= 11 is 0. The van der Waals surface area contributed by atoms with Crippen molar-refractivity contribution in [3.8, 4) is 5.75 Å². The molecule has 1 rings (SSSR count). The van der Waals surface area contributed by atoms with Crippen LogP contribution >= 0.6 is 0 Å². The van der Waals surface area contributed by atoms with Crippen molar-refractivity contribution < 1.29 is 19.0 Å². The molecular formula is C7H6FNO3. The Labute approximate surface area is 67.6 Å². The van der Waals surface area contributed by atoms with E-state index in [0.29, 0.717) is 0 Å². The van der Waals surface area contributed by atoms with Gasteiger partial charge in [0.05, 0.1) is 7.11 Å². The lowest BCUT2D eigenvalue weighted by Gasteiger charge is -2.01. The van der Waals surface area contributed by atoms with Crippen LogP contribution in [0.2, 0.25) is 0 Å². The zero-order valence-corrected chi connectivity index (χ0v) is 6.24. The molecule has 12 heavy (non-hydrogen) atoms. The first-order valence-electron chi connectivity index (χ1n) is 3.08. The molecule has 0 bridgehead atoms. The molecule has 1 N–H and O–H groups in total. The van der Waals surface area contributed by atoms with Crippen molar-refractivity contribution in [3.05, 3.63) is 23.8 Å². The number of ether oxygens (including phenoxy) is 1. The van der Waals surface area contributed by atoms with Gasteiger partial charge in [0.25, 0.3) is 0 Å². The molecule has 0 saturated carbocycles. The summed E-state index contributed by atoms with van der Waals surface area (Å²) in [5.74, 6) is -2.48. The van der Waals surface area contributed by atoms with Gasteiger partial charge in [-0.15, -0.1) is 0 Å². The monoisotopic (exact) mass is 171 g/mol. The summed E-state index contributed by atoms with van der Waals surface area (Å²) < 4.78 is 17.5. The molecule has 1 aromatic rings. The lowest BCUT2D eigenvalue weighted by molar-refractivity contribution is 0.0684. The Morgan fingerprint density at radius 1 is 1.75 bits per heavy atom. The van der Waals surface area contributed by atoms with E-state index in [0.717, 1.165) is 0 Å². The first-order chi connectivity index (χ1) is 5.66. The predicted molar refractivity (Wildman–Crippen MR) is 37.7 cm³/mol. The van der Waals surface area contributed by atoms with Crippen LogP contribution in [0.5, 0.6) is 5.75 Å². The van der Waals surface area contributed by atoms with Gasteiger partial charge in [-0.3, -0.25) is 0 Å². The summed E-state index contributed by atoms with van der Waals surface area (Å²) in [6.45, 7) is 0. The Bertz CT molecular complexity index is 314. The minimum Gasteiger partial charge on any atom is -0.494 e. The topological polar surface area (TPSA) is 59.4 Å². The quantitative estimate of drug-likeness (QED) is 0.718. The van der Waals surface area contributed by atoms with Crippen LogP contribution in [0, 0.1) is 5.82 Å². The number of carboxylic acid groups (broad SMARTS) is 1. The Hall–Kier alpha value is -1.65. The minimum absolute atomic E-state index is 0.123. The molecule has 0 spiro atoms. The highest BCUT2D eigenvalue weighted by Crippen LogP contribution is 2.17. The fraction of sp³-hybridized carbons (Fsp3) is 0.143. The molecule has 1 aromatic heterocycles.